The van der Waals surface area contributed by atoms with Crippen molar-refractivity contribution < 1.29 is 4.74 Å². The van der Waals surface area contributed by atoms with Crippen LogP contribution in [-0.2, 0) is 4.74 Å². The zero-order valence-corrected chi connectivity index (χ0v) is 10.7. The van der Waals surface area contributed by atoms with Gasteiger partial charge in [-0.15, -0.1) is 0 Å². The van der Waals surface area contributed by atoms with Gasteiger partial charge in [0.1, 0.15) is 5.82 Å². The molecule has 2 saturated heterocycles. The Labute approximate surface area is 112 Å². The van der Waals surface area contributed by atoms with Crippen LogP contribution in [0, 0.1) is 0 Å². The van der Waals surface area contributed by atoms with Gasteiger partial charge in [0.25, 0.3) is 0 Å². The molecular weight excluding hydrogens is 238 g/mol. The Morgan fingerprint density at radius 2 is 2.16 bits per heavy atom. The molecule has 2 aliphatic rings. The minimum atomic E-state index is 0.369. The van der Waals surface area contributed by atoms with E-state index < -0.39 is 0 Å². The van der Waals surface area contributed by atoms with Crippen LogP contribution in [0.15, 0.2) is 30.3 Å². The molecule has 3 unspecified atom stereocenters. The molecule has 3 N–H and O–H groups in total. The summed E-state index contributed by atoms with van der Waals surface area (Å²) in [4.78, 5) is 4.64. The molecule has 1 aromatic carbocycles. The molecule has 0 amide bonds. The first-order valence-corrected chi connectivity index (χ1v) is 6.86. The molecule has 3 atom stereocenters. The van der Waals surface area contributed by atoms with Gasteiger partial charge < -0.3 is 15.8 Å². The summed E-state index contributed by atoms with van der Waals surface area (Å²) in [5.74, 6) is 0.929. The van der Waals surface area contributed by atoms with Crippen LogP contribution in [-0.4, -0.2) is 23.2 Å². The predicted molar refractivity (Wildman–Crippen MR) is 76.1 cm³/mol. The molecule has 4 nitrogen and oxygen atoms in total. The maximum absolute atomic E-state index is 5.85. The summed E-state index contributed by atoms with van der Waals surface area (Å²) in [6, 6.07) is 10.3. The maximum atomic E-state index is 5.85. The summed E-state index contributed by atoms with van der Waals surface area (Å²) >= 11 is 0. The van der Waals surface area contributed by atoms with Crippen molar-refractivity contribution in [3.63, 3.8) is 0 Å². The van der Waals surface area contributed by atoms with E-state index >= 15 is 0 Å². The Bertz CT molecular complexity index is 628. The van der Waals surface area contributed by atoms with Crippen molar-refractivity contribution in [1.82, 2.24) is 4.98 Å². The maximum Gasteiger partial charge on any atom is 0.126 e. The van der Waals surface area contributed by atoms with Gasteiger partial charge in [-0.05, 0) is 49.6 Å². The highest BCUT2D eigenvalue weighted by molar-refractivity contribution is 5.83. The van der Waals surface area contributed by atoms with Gasteiger partial charge in [0.05, 0.1) is 23.8 Å². The second kappa shape index (κ2) is 4.10. The summed E-state index contributed by atoms with van der Waals surface area (Å²) in [6.07, 6.45) is 4.32. The van der Waals surface area contributed by atoms with E-state index in [1.807, 2.05) is 24.3 Å². The molecule has 0 radical (unpaired) electrons. The smallest absolute Gasteiger partial charge is 0.126 e. The number of hydrogen-bond donors (Lipinski definition) is 2. The molecule has 19 heavy (non-hydrogen) atoms. The molecule has 2 bridgehead atoms. The van der Waals surface area contributed by atoms with Crippen LogP contribution < -0.4 is 11.1 Å². The summed E-state index contributed by atoms with van der Waals surface area (Å²) in [5.41, 5.74) is 7.52. The first kappa shape index (κ1) is 11.1. The van der Waals surface area contributed by atoms with E-state index in [1.54, 1.807) is 0 Å². The quantitative estimate of drug-likeness (QED) is 0.810. The number of aromatic nitrogens is 1. The standard InChI is InChI=1S/C15H17N3O/c16-10-2-4-12-9(7-10)1-6-15(17-12)18-13-8-11-3-5-14(13)19-11/h1-2,4,6-7,11,13-14H,3,5,8,16H2,(H,17,18). The van der Waals surface area contributed by atoms with Gasteiger partial charge in [-0.25, -0.2) is 4.98 Å². The van der Waals surface area contributed by atoms with Crippen LogP contribution in [0.3, 0.4) is 0 Å². The van der Waals surface area contributed by atoms with Crippen LogP contribution in [0.2, 0.25) is 0 Å². The van der Waals surface area contributed by atoms with E-state index in [0.717, 1.165) is 28.8 Å². The van der Waals surface area contributed by atoms with Crippen molar-refractivity contribution >= 4 is 22.4 Å². The molecule has 98 valence electrons. The topological polar surface area (TPSA) is 60.2 Å². The first-order valence-electron chi connectivity index (χ1n) is 6.86. The largest absolute Gasteiger partial charge is 0.399 e. The number of ether oxygens (including phenoxy) is 1. The third-order valence-corrected chi connectivity index (χ3v) is 4.15. The molecule has 0 spiro atoms. The van der Waals surface area contributed by atoms with Crippen LogP contribution in [0.1, 0.15) is 19.3 Å². The molecule has 0 aliphatic carbocycles. The Kier molecular flexibility index (Phi) is 2.38. The van der Waals surface area contributed by atoms with Crippen molar-refractivity contribution in [3.05, 3.63) is 30.3 Å². The number of nitrogens with zero attached hydrogens (tertiary/aromatic N) is 1. The van der Waals surface area contributed by atoms with E-state index in [-0.39, 0.29) is 0 Å². The number of nitrogens with two attached hydrogens (primary N) is 1. The average molecular weight is 255 g/mol. The fraction of sp³-hybridized carbons (Fsp3) is 0.400. The Morgan fingerprint density at radius 3 is 2.95 bits per heavy atom. The minimum absolute atomic E-state index is 0.369. The molecule has 2 aliphatic heterocycles. The van der Waals surface area contributed by atoms with Crippen LogP contribution in [0.4, 0.5) is 11.5 Å². The number of hydrogen-bond acceptors (Lipinski definition) is 4. The summed E-state index contributed by atoms with van der Waals surface area (Å²) in [7, 11) is 0. The van der Waals surface area contributed by atoms with Crippen molar-refractivity contribution in [1.29, 1.82) is 0 Å². The predicted octanol–water partition coefficient (Wildman–Crippen LogP) is 2.55. The molecular formula is C15H17N3O. The number of nitrogens with one attached hydrogen (secondary N) is 1. The van der Waals surface area contributed by atoms with Crippen molar-refractivity contribution in [2.24, 2.45) is 0 Å². The van der Waals surface area contributed by atoms with Crippen LogP contribution in [0.25, 0.3) is 10.9 Å². The number of nitrogen functional groups attached to an aromatic ring is 1. The lowest BCUT2D eigenvalue weighted by Gasteiger charge is -2.20. The fourth-order valence-electron chi connectivity index (χ4n) is 3.20. The lowest BCUT2D eigenvalue weighted by molar-refractivity contribution is 0.102. The Hall–Kier alpha value is -1.81. The summed E-state index contributed by atoms with van der Waals surface area (Å²) in [6.45, 7) is 0. The Morgan fingerprint density at radius 1 is 1.21 bits per heavy atom. The summed E-state index contributed by atoms with van der Waals surface area (Å²) in [5, 5.41) is 4.59. The molecule has 2 fully saturated rings. The number of rotatable bonds is 2. The normalized spacial score (nSPS) is 28.9. The third kappa shape index (κ3) is 1.92. The number of fused-ring (bicyclic) bond motifs is 3. The summed E-state index contributed by atoms with van der Waals surface area (Å²) < 4.78 is 5.85. The molecule has 2 aromatic rings. The van der Waals surface area contributed by atoms with Gasteiger partial charge in [0, 0.05) is 11.1 Å². The molecule has 1 aromatic heterocycles. The SMILES string of the molecule is Nc1ccc2nc(NC3CC4CCC3O4)ccc2c1. The monoisotopic (exact) mass is 255 g/mol. The third-order valence-electron chi connectivity index (χ3n) is 4.15. The second-order valence-electron chi connectivity index (χ2n) is 5.51. The fourth-order valence-corrected chi connectivity index (χ4v) is 3.20. The molecule has 3 heterocycles. The van der Waals surface area contributed by atoms with Crippen LogP contribution >= 0.6 is 0 Å². The number of benzene rings is 1. The van der Waals surface area contributed by atoms with E-state index in [9.17, 15) is 0 Å². The lowest BCUT2D eigenvalue weighted by atomic mass is 9.95. The van der Waals surface area contributed by atoms with E-state index in [1.165, 1.54) is 12.8 Å². The highest BCUT2D eigenvalue weighted by atomic mass is 16.5. The van der Waals surface area contributed by atoms with E-state index in [0.29, 0.717) is 18.2 Å². The van der Waals surface area contributed by atoms with Crippen LogP contribution in [0.5, 0.6) is 0 Å². The zero-order valence-electron chi connectivity index (χ0n) is 10.7. The van der Waals surface area contributed by atoms with E-state index in [2.05, 4.69) is 16.4 Å². The number of pyridine rings is 1. The van der Waals surface area contributed by atoms with Gasteiger partial charge in [-0.2, -0.15) is 0 Å². The number of anilines is 2. The molecule has 4 heteroatoms. The zero-order chi connectivity index (χ0) is 12.8. The van der Waals surface area contributed by atoms with Crippen molar-refractivity contribution in [2.45, 2.75) is 37.5 Å². The Balaban J connectivity index is 1.60. The highest BCUT2D eigenvalue weighted by Gasteiger charge is 2.40. The van der Waals surface area contributed by atoms with Crippen molar-refractivity contribution in [2.75, 3.05) is 11.1 Å². The lowest BCUT2D eigenvalue weighted by Crippen LogP contribution is -2.30. The van der Waals surface area contributed by atoms with Gasteiger partial charge in [-0.3, -0.25) is 0 Å². The van der Waals surface area contributed by atoms with E-state index in [4.69, 9.17) is 10.5 Å². The second-order valence-corrected chi connectivity index (χ2v) is 5.51. The average Bonchev–Trinajstić information content (AvgIpc) is 3.01. The molecule has 4 rings (SSSR count). The van der Waals surface area contributed by atoms with Gasteiger partial charge >= 0.3 is 0 Å². The first-order chi connectivity index (χ1) is 9.28. The molecule has 0 saturated carbocycles. The van der Waals surface area contributed by atoms with Gasteiger partial charge in [0.2, 0.25) is 0 Å². The van der Waals surface area contributed by atoms with Crippen molar-refractivity contribution in [3.8, 4) is 0 Å². The minimum Gasteiger partial charge on any atom is -0.399 e. The van der Waals surface area contributed by atoms with Gasteiger partial charge in [0.15, 0.2) is 0 Å². The van der Waals surface area contributed by atoms with Gasteiger partial charge in [-0.1, -0.05) is 0 Å². The highest BCUT2D eigenvalue weighted by Crippen LogP contribution is 2.35.